The van der Waals surface area contributed by atoms with Crippen LogP contribution in [0.2, 0.25) is 0 Å². The number of fused-ring (bicyclic) bond motifs is 1. The van der Waals surface area contributed by atoms with Crippen molar-refractivity contribution < 1.29 is 28.5 Å². The molecule has 2 aromatic rings. The topological polar surface area (TPSA) is 95.5 Å². The first-order valence-corrected chi connectivity index (χ1v) is 8.17. The number of hydrogen-bond donors (Lipinski definition) is 1. The number of methoxy groups -OCH3 is 1. The van der Waals surface area contributed by atoms with Crippen LogP contribution in [0, 0.1) is 0 Å². The van der Waals surface area contributed by atoms with E-state index in [0.29, 0.717) is 17.2 Å². The average Bonchev–Trinajstić information content (AvgIpc) is 2.72. The highest BCUT2D eigenvalue weighted by molar-refractivity contribution is 5.85. The smallest absolute Gasteiger partial charge is 0.343 e. The van der Waals surface area contributed by atoms with Crippen LogP contribution in [0.1, 0.15) is 5.56 Å². The number of ether oxygens (including phenoxy) is 4. The van der Waals surface area contributed by atoms with Crippen LogP contribution < -0.4 is 19.6 Å². The molecule has 0 saturated carbocycles. The van der Waals surface area contributed by atoms with Crippen LogP contribution in [0.5, 0.6) is 17.2 Å². The van der Waals surface area contributed by atoms with Gasteiger partial charge in [0.1, 0.15) is 12.4 Å². The zero-order valence-electron chi connectivity index (χ0n) is 14.6. The molecule has 8 heteroatoms. The minimum Gasteiger partial charge on any atom is -0.485 e. The number of amides is 1. The first-order valence-electron chi connectivity index (χ1n) is 8.17. The maximum Gasteiger partial charge on any atom is 0.343 e. The summed E-state index contributed by atoms with van der Waals surface area (Å²) >= 11 is 0. The summed E-state index contributed by atoms with van der Waals surface area (Å²) in [6.07, 6.45) is 0.714. The standard InChI is InChI=1S/C19H18N2O6/c1-24-18(22)12-25-14-8-6-13(7-9-14)10-20-21-19(23)17-11-26-15-4-2-3-5-16(15)27-17/h2-10,17H,11-12H2,1H3,(H,21,23)/b20-10-/t17-/m0/s1. The Balaban J connectivity index is 1.49. The average molecular weight is 370 g/mol. The molecule has 2 aromatic carbocycles. The third-order valence-corrected chi connectivity index (χ3v) is 3.65. The maximum absolute atomic E-state index is 12.1. The number of benzene rings is 2. The van der Waals surface area contributed by atoms with E-state index in [9.17, 15) is 9.59 Å². The highest BCUT2D eigenvalue weighted by Crippen LogP contribution is 2.30. The SMILES string of the molecule is COC(=O)COc1ccc(/C=N\NC(=O)[C@@H]2COc3ccccc3O2)cc1. The lowest BCUT2D eigenvalue weighted by Crippen LogP contribution is -2.42. The van der Waals surface area contributed by atoms with Crippen LogP contribution >= 0.6 is 0 Å². The molecule has 0 radical (unpaired) electrons. The summed E-state index contributed by atoms with van der Waals surface area (Å²) in [7, 11) is 1.29. The summed E-state index contributed by atoms with van der Waals surface area (Å²) in [6, 6.07) is 14.0. The molecule has 0 fully saturated rings. The van der Waals surface area contributed by atoms with Crippen LogP contribution in [0.3, 0.4) is 0 Å². The van der Waals surface area contributed by atoms with Crippen molar-refractivity contribution in [2.45, 2.75) is 6.10 Å². The normalized spacial score (nSPS) is 15.2. The zero-order valence-corrected chi connectivity index (χ0v) is 14.6. The molecular weight excluding hydrogens is 352 g/mol. The van der Waals surface area contributed by atoms with E-state index in [-0.39, 0.29) is 13.2 Å². The van der Waals surface area contributed by atoms with Crippen molar-refractivity contribution in [3.63, 3.8) is 0 Å². The van der Waals surface area contributed by atoms with E-state index >= 15 is 0 Å². The fourth-order valence-electron chi connectivity index (χ4n) is 2.24. The molecule has 3 rings (SSSR count). The van der Waals surface area contributed by atoms with E-state index in [1.165, 1.54) is 13.3 Å². The van der Waals surface area contributed by atoms with Gasteiger partial charge in [-0.2, -0.15) is 5.10 Å². The van der Waals surface area contributed by atoms with E-state index in [1.807, 2.05) is 6.07 Å². The second-order valence-electron chi connectivity index (χ2n) is 5.53. The first-order chi connectivity index (χ1) is 13.2. The van der Waals surface area contributed by atoms with Crippen molar-refractivity contribution in [2.24, 2.45) is 5.10 Å². The van der Waals surface area contributed by atoms with E-state index in [4.69, 9.17) is 14.2 Å². The van der Waals surface area contributed by atoms with Crippen molar-refractivity contribution in [1.29, 1.82) is 0 Å². The van der Waals surface area contributed by atoms with Gasteiger partial charge in [0.2, 0.25) is 6.10 Å². The van der Waals surface area contributed by atoms with Crippen LogP contribution in [-0.4, -0.2) is 44.5 Å². The number of carbonyl (C=O) groups excluding carboxylic acids is 2. The Bertz CT molecular complexity index is 834. The summed E-state index contributed by atoms with van der Waals surface area (Å²) in [4.78, 5) is 23.2. The van der Waals surface area contributed by atoms with E-state index in [2.05, 4.69) is 15.3 Å². The Labute approximate surface area is 155 Å². The van der Waals surface area contributed by atoms with Crippen LogP contribution in [0.15, 0.2) is 53.6 Å². The minimum absolute atomic E-state index is 0.116. The Hall–Kier alpha value is -3.55. The molecule has 0 bridgehead atoms. The number of hydrazone groups is 1. The molecule has 0 unspecified atom stereocenters. The Morgan fingerprint density at radius 2 is 1.93 bits per heavy atom. The van der Waals surface area contributed by atoms with Gasteiger partial charge in [-0.05, 0) is 42.0 Å². The molecular formula is C19H18N2O6. The van der Waals surface area contributed by atoms with E-state index in [0.717, 1.165) is 5.56 Å². The summed E-state index contributed by atoms with van der Waals surface area (Å²) in [6.45, 7) is -0.0445. The largest absolute Gasteiger partial charge is 0.485 e. The lowest BCUT2D eigenvalue weighted by molar-refractivity contribution is -0.142. The van der Waals surface area contributed by atoms with Crippen molar-refractivity contribution in [3.8, 4) is 17.2 Å². The number of carbonyl (C=O) groups is 2. The van der Waals surface area contributed by atoms with Crippen molar-refractivity contribution in [1.82, 2.24) is 5.43 Å². The number of esters is 1. The third-order valence-electron chi connectivity index (χ3n) is 3.65. The second-order valence-corrected chi connectivity index (χ2v) is 5.53. The Morgan fingerprint density at radius 3 is 2.67 bits per heavy atom. The Kier molecular flexibility index (Phi) is 5.88. The van der Waals surface area contributed by atoms with Crippen LogP contribution in [0.4, 0.5) is 0 Å². The number of hydrogen-bond acceptors (Lipinski definition) is 7. The number of nitrogens with zero attached hydrogens (tertiary/aromatic N) is 1. The molecule has 0 spiro atoms. The van der Waals surface area contributed by atoms with Gasteiger partial charge in [-0.1, -0.05) is 12.1 Å². The molecule has 8 nitrogen and oxygen atoms in total. The van der Waals surface area contributed by atoms with Gasteiger partial charge in [-0.25, -0.2) is 10.2 Å². The Morgan fingerprint density at radius 1 is 1.19 bits per heavy atom. The highest BCUT2D eigenvalue weighted by Gasteiger charge is 2.26. The lowest BCUT2D eigenvalue weighted by atomic mass is 10.2. The summed E-state index contributed by atoms with van der Waals surface area (Å²) in [5.74, 6) is 0.793. The highest BCUT2D eigenvalue weighted by atomic mass is 16.6. The quantitative estimate of drug-likeness (QED) is 0.471. The van der Waals surface area contributed by atoms with Gasteiger partial charge in [0, 0.05) is 0 Å². The van der Waals surface area contributed by atoms with Crippen molar-refractivity contribution >= 4 is 18.1 Å². The molecule has 0 saturated heterocycles. The molecule has 0 aliphatic carbocycles. The van der Waals surface area contributed by atoms with Crippen molar-refractivity contribution in [2.75, 3.05) is 20.3 Å². The van der Waals surface area contributed by atoms with Gasteiger partial charge >= 0.3 is 5.97 Å². The molecule has 1 heterocycles. The maximum atomic E-state index is 12.1. The number of rotatable bonds is 6. The molecule has 27 heavy (non-hydrogen) atoms. The van der Waals surface area contributed by atoms with Gasteiger partial charge in [0.25, 0.3) is 5.91 Å². The molecule has 1 amide bonds. The van der Waals surface area contributed by atoms with Gasteiger partial charge in [-0.3, -0.25) is 4.79 Å². The number of para-hydroxylation sites is 2. The predicted molar refractivity (Wildman–Crippen MR) is 96.0 cm³/mol. The molecule has 140 valence electrons. The van der Waals surface area contributed by atoms with Crippen LogP contribution in [0.25, 0.3) is 0 Å². The van der Waals surface area contributed by atoms with E-state index in [1.54, 1.807) is 42.5 Å². The molecule has 0 aromatic heterocycles. The van der Waals surface area contributed by atoms with Crippen molar-refractivity contribution in [3.05, 3.63) is 54.1 Å². The molecule has 1 aliphatic heterocycles. The predicted octanol–water partition coefficient (Wildman–Crippen LogP) is 1.53. The summed E-state index contributed by atoms with van der Waals surface area (Å²) in [5, 5.41) is 3.91. The fourth-order valence-corrected chi connectivity index (χ4v) is 2.24. The summed E-state index contributed by atoms with van der Waals surface area (Å²) < 4.78 is 20.8. The number of nitrogens with one attached hydrogen (secondary N) is 1. The molecule has 1 atom stereocenters. The lowest BCUT2D eigenvalue weighted by Gasteiger charge is -2.24. The van der Waals surface area contributed by atoms with Crippen LogP contribution in [-0.2, 0) is 14.3 Å². The zero-order chi connectivity index (χ0) is 19.1. The van der Waals surface area contributed by atoms with E-state index < -0.39 is 18.0 Å². The fraction of sp³-hybridized carbons (Fsp3) is 0.211. The third kappa shape index (κ3) is 4.97. The van der Waals surface area contributed by atoms with Gasteiger partial charge < -0.3 is 18.9 Å². The second kappa shape index (κ2) is 8.70. The van der Waals surface area contributed by atoms with Gasteiger partial charge in [0.05, 0.1) is 13.3 Å². The molecule has 1 aliphatic rings. The first kappa shape index (κ1) is 18.2. The van der Waals surface area contributed by atoms with Gasteiger partial charge in [-0.15, -0.1) is 0 Å². The minimum atomic E-state index is -0.772. The monoisotopic (exact) mass is 370 g/mol. The molecule has 1 N–H and O–H groups in total. The summed E-state index contributed by atoms with van der Waals surface area (Å²) in [5.41, 5.74) is 3.17. The van der Waals surface area contributed by atoms with Gasteiger partial charge in [0.15, 0.2) is 18.1 Å².